The van der Waals surface area contributed by atoms with Crippen molar-refractivity contribution in [1.29, 1.82) is 0 Å². The van der Waals surface area contributed by atoms with Crippen LogP contribution in [-0.4, -0.2) is 31.4 Å². The number of thioether (sulfide) groups is 1. The number of hydrogen-bond acceptors (Lipinski definition) is 4. The van der Waals surface area contributed by atoms with E-state index in [2.05, 4.69) is 21.5 Å². The summed E-state index contributed by atoms with van der Waals surface area (Å²) in [5.41, 5.74) is 1.49. The monoisotopic (exact) mass is 311 g/mol. The number of rotatable bonds is 4. The molecule has 0 spiro atoms. The standard InChI is InChI=1S/C13H14ClN3O2S/c1-13(3-2-4-13)17-11-9(5-8(14)6-15-11)16-12(17)20-7-10(18)19/h5-6H,2-4,7H2,1H3,(H,18,19). The van der Waals surface area contributed by atoms with Gasteiger partial charge in [-0.2, -0.15) is 0 Å². The number of imidazole rings is 1. The molecule has 2 heterocycles. The number of halogens is 1. The summed E-state index contributed by atoms with van der Waals surface area (Å²) in [6.07, 6.45) is 4.90. The van der Waals surface area contributed by atoms with Crippen LogP contribution in [0.3, 0.4) is 0 Å². The highest BCUT2D eigenvalue weighted by atomic mass is 35.5. The summed E-state index contributed by atoms with van der Waals surface area (Å²) in [5, 5.41) is 10.1. The maximum absolute atomic E-state index is 10.8. The van der Waals surface area contributed by atoms with Crippen LogP contribution in [-0.2, 0) is 10.3 Å². The van der Waals surface area contributed by atoms with Gasteiger partial charge in [0.2, 0.25) is 0 Å². The SMILES string of the molecule is CC1(n2c(SCC(=O)O)nc3cc(Cl)cnc32)CCC1. The van der Waals surface area contributed by atoms with Gasteiger partial charge in [-0.3, -0.25) is 9.36 Å². The van der Waals surface area contributed by atoms with E-state index in [-0.39, 0.29) is 11.3 Å². The van der Waals surface area contributed by atoms with Gasteiger partial charge in [-0.05, 0) is 32.3 Å². The van der Waals surface area contributed by atoms with Crippen molar-refractivity contribution < 1.29 is 9.90 Å². The van der Waals surface area contributed by atoms with E-state index in [9.17, 15) is 4.79 Å². The van der Waals surface area contributed by atoms with E-state index in [1.165, 1.54) is 18.2 Å². The highest BCUT2D eigenvalue weighted by Gasteiger charge is 2.37. The molecule has 0 unspecified atom stereocenters. The zero-order chi connectivity index (χ0) is 14.3. The number of carboxylic acids is 1. The highest BCUT2D eigenvalue weighted by Crippen LogP contribution is 2.43. The first-order valence-electron chi connectivity index (χ1n) is 6.39. The zero-order valence-electron chi connectivity index (χ0n) is 11.0. The molecule has 20 heavy (non-hydrogen) atoms. The molecule has 0 radical (unpaired) electrons. The minimum Gasteiger partial charge on any atom is -0.481 e. The molecule has 0 atom stereocenters. The predicted molar refractivity (Wildman–Crippen MR) is 78.4 cm³/mol. The fourth-order valence-electron chi connectivity index (χ4n) is 2.54. The lowest BCUT2D eigenvalue weighted by Gasteiger charge is -2.40. The van der Waals surface area contributed by atoms with Gasteiger partial charge in [0.1, 0.15) is 5.52 Å². The average Bonchev–Trinajstić information content (AvgIpc) is 2.71. The number of pyridine rings is 1. The van der Waals surface area contributed by atoms with Crippen molar-refractivity contribution in [3.8, 4) is 0 Å². The van der Waals surface area contributed by atoms with Crippen LogP contribution in [0.15, 0.2) is 17.4 Å². The number of nitrogens with zero attached hydrogens (tertiary/aromatic N) is 3. The van der Waals surface area contributed by atoms with Crippen molar-refractivity contribution in [2.24, 2.45) is 0 Å². The second-order valence-electron chi connectivity index (χ2n) is 5.26. The minimum atomic E-state index is -0.849. The summed E-state index contributed by atoms with van der Waals surface area (Å²) in [6.45, 7) is 2.17. The Balaban J connectivity index is 2.11. The van der Waals surface area contributed by atoms with E-state index in [4.69, 9.17) is 16.7 Å². The second-order valence-corrected chi connectivity index (χ2v) is 6.64. The molecule has 3 rings (SSSR count). The van der Waals surface area contributed by atoms with Crippen LogP contribution in [0.4, 0.5) is 0 Å². The van der Waals surface area contributed by atoms with Gasteiger partial charge in [0, 0.05) is 11.7 Å². The van der Waals surface area contributed by atoms with Gasteiger partial charge in [-0.25, -0.2) is 9.97 Å². The van der Waals surface area contributed by atoms with Crippen LogP contribution >= 0.6 is 23.4 Å². The van der Waals surface area contributed by atoms with Crippen molar-refractivity contribution in [2.75, 3.05) is 5.75 Å². The van der Waals surface area contributed by atoms with Crippen LogP contribution in [0, 0.1) is 0 Å². The van der Waals surface area contributed by atoms with Gasteiger partial charge >= 0.3 is 5.97 Å². The molecule has 0 bridgehead atoms. The topological polar surface area (TPSA) is 68.0 Å². The quantitative estimate of drug-likeness (QED) is 0.878. The normalized spacial score (nSPS) is 17.1. The Labute approximate surface area is 125 Å². The van der Waals surface area contributed by atoms with Gasteiger partial charge in [-0.15, -0.1) is 0 Å². The Morgan fingerprint density at radius 1 is 1.60 bits per heavy atom. The first-order chi connectivity index (χ1) is 9.49. The molecule has 106 valence electrons. The molecule has 1 saturated carbocycles. The maximum atomic E-state index is 10.8. The maximum Gasteiger partial charge on any atom is 0.313 e. The molecule has 2 aromatic rings. The molecular weight excluding hydrogens is 298 g/mol. The molecule has 7 heteroatoms. The summed E-state index contributed by atoms with van der Waals surface area (Å²) in [4.78, 5) is 19.7. The number of carbonyl (C=O) groups is 1. The number of carboxylic acid groups (broad SMARTS) is 1. The van der Waals surface area contributed by atoms with E-state index in [1.807, 2.05) is 0 Å². The molecule has 1 fully saturated rings. The summed E-state index contributed by atoms with van der Waals surface area (Å²) in [7, 11) is 0. The molecule has 1 aliphatic carbocycles. The van der Waals surface area contributed by atoms with Crippen LogP contribution < -0.4 is 0 Å². The fourth-order valence-corrected chi connectivity index (χ4v) is 3.54. The number of aliphatic carboxylic acids is 1. The Hall–Kier alpha value is -1.27. The molecule has 2 aromatic heterocycles. The van der Waals surface area contributed by atoms with Gasteiger partial charge < -0.3 is 5.11 Å². The lowest BCUT2D eigenvalue weighted by molar-refractivity contribution is -0.133. The first-order valence-corrected chi connectivity index (χ1v) is 7.75. The van der Waals surface area contributed by atoms with Gasteiger partial charge in [0.25, 0.3) is 0 Å². The zero-order valence-corrected chi connectivity index (χ0v) is 12.5. The van der Waals surface area contributed by atoms with Crippen LogP contribution in [0.25, 0.3) is 11.2 Å². The largest absolute Gasteiger partial charge is 0.481 e. The van der Waals surface area contributed by atoms with Crippen molar-refractivity contribution in [1.82, 2.24) is 14.5 Å². The third kappa shape index (κ3) is 2.27. The summed E-state index contributed by atoms with van der Waals surface area (Å²) < 4.78 is 2.08. The van der Waals surface area contributed by atoms with Crippen LogP contribution in [0.2, 0.25) is 5.02 Å². The lowest BCUT2D eigenvalue weighted by Crippen LogP contribution is -2.37. The Morgan fingerprint density at radius 3 is 2.95 bits per heavy atom. The van der Waals surface area contributed by atoms with Crippen LogP contribution in [0.1, 0.15) is 26.2 Å². The predicted octanol–water partition coefficient (Wildman–Crippen LogP) is 3.16. The third-order valence-electron chi connectivity index (χ3n) is 3.73. The van der Waals surface area contributed by atoms with Gasteiger partial charge in [0.15, 0.2) is 10.8 Å². The number of hydrogen-bond donors (Lipinski definition) is 1. The Morgan fingerprint density at radius 2 is 2.35 bits per heavy atom. The van der Waals surface area contributed by atoms with E-state index < -0.39 is 5.97 Å². The van der Waals surface area contributed by atoms with Crippen molar-refractivity contribution in [2.45, 2.75) is 36.9 Å². The van der Waals surface area contributed by atoms with Gasteiger partial charge in [-0.1, -0.05) is 23.4 Å². The molecular formula is C13H14ClN3O2S. The minimum absolute atomic E-state index is 0.00681. The Bertz CT molecular complexity index is 682. The molecule has 0 saturated heterocycles. The lowest BCUT2D eigenvalue weighted by atomic mass is 9.78. The fraction of sp³-hybridized carbons (Fsp3) is 0.462. The van der Waals surface area contributed by atoms with Crippen molar-refractivity contribution in [3.05, 3.63) is 17.3 Å². The third-order valence-corrected chi connectivity index (χ3v) is 4.86. The smallest absolute Gasteiger partial charge is 0.313 e. The number of fused-ring (bicyclic) bond motifs is 1. The molecule has 5 nitrogen and oxygen atoms in total. The molecule has 0 aromatic carbocycles. The first kappa shape index (κ1) is 13.7. The van der Waals surface area contributed by atoms with Crippen molar-refractivity contribution in [3.63, 3.8) is 0 Å². The second kappa shape index (κ2) is 4.93. The highest BCUT2D eigenvalue weighted by molar-refractivity contribution is 7.99. The number of aromatic nitrogens is 3. The molecule has 1 aliphatic rings. The van der Waals surface area contributed by atoms with E-state index in [0.29, 0.717) is 10.2 Å². The van der Waals surface area contributed by atoms with Gasteiger partial charge in [0.05, 0.1) is 10.8 Å². The summed E-state index contributed by atoms with van der Waals surface area (Å²) in [5.74, 6) is -0.856. The Kier molecular flexibility index (Phi) is 3.38. The van der Waals surface area contributed by atoms with Crippen molar-refractivity contribution >= 4 is 40.5 Å². The van der Waals surface area contributed by atoms with Crippen LogP contribution in [0.5, 0.6) is 0 Å². The van der Waals surface area contributed by atoms with E-state index in [0.717, 1.165) is 24.0 Å². The molecule has 0 aliphatic heterocycles. The summed E-state index contributed by atoms with van der Waals surface area (Å²) >= 11 is 7.19. The molecule has 1 N–H and O–H groups in total. The van der Waals surface area contributed by atoms with E-state index in [1.54, 1.807) is 12.3 Å². The molecule has 0 amide bonds. The van der Waals surface area contributed by atoms with E-state index >= 15 is 0 Å². The average molecular weight is 312 g/mol. The summed E-state index contributed by atoms with van der Waals surface area (Å²) in [6, 6.07) is 1.77.